The van der Waals surface area contributed by atoms with E-state index in [0.717, 1.165) is 34.6 Å². The van der Waals surface area contributed by atoms with E-state index in [1.165, 1.54) is 82.3 Å². The molecule has 101 heavy (non-hydrogen) atoms. The van der Waals surface area contributed by atoms with E-state index >= 15 is 9.59 Å². The Morgan fingerprint density at radius 1 is 0.733 bits per heavy atom. The van der Waals surface area contributed by atoms with Crippen LogP contribution in [0, 0.1) is 29.1 Å². The molecule has 2 N–H and O–H groups in total. The molecule has 29 nitrogen and oxygen atoms in total. The fourth-order valence-corrected chi connectivity index (χ4v) is 13.8. The van der Waals surface area contributed by atoms with Gasteiger partial charge in [0, 0.05) is 64.9 Å². The first-order chi connectivity index (χ1) is 47.9. The van der Waals surface area contributed by atoms with Crippen LogP contribution in [0.25, 0.3) is 0 Å². The molecule has 16 atom stereocenters. The molecule has 29 heteroatoms. The maximum absolute atomic E-state index is 16.4. The lowest BCUT2D eigenvalue weighted by atomic mass is 9.44. The van der Waals surface area contributed by atoms with Crippen LogP contribution in [0.3, 0.4) is 0 Å². The summed E-state index contributed by atoms with van der Waals surface area (Å²) in [5.74, 6) is -10.8. The van der Waals surface area contributed by atoms with Crippen molar-refractivity contribution in [2.75, 3.05) is 39.6 Å². The third-order valence-corrected chi connectivity index (χ3v) is 18.3. The molecule has 542 valence electrons. The van der Waals surface area contributed by atoms with Crippen LogP contribution in [-0.4, -0.2) is 195 Å². The number of carbonyl (C=O) groups is 12. The molecule has 0 spiro atoms. The SMILES string of the molecule is C#CCCCO[C@@H]1OC(COC(=O)COCC(=O)O[C@@H](C(=O)O[C@H]2C[C@@]3(O)[C@@H](OC(=O)c4ccccc4)[C@@H]4[C@]5(OC(C)=O)CO[C@@H]5C[C@H](OC(=O)OCC=C)[C@@]4(C)C(=O)[C@H](OC(C)=O)C(=C2C)C3(C)C)C(NC(=O)c2ccccc2)c2ccccc2)[C@@H](OC(C)=O)C(OC(C)=O)C1OC(C)=O. The molecule has 0 aromatic heterocycles. The van der Waals surface area contributed by atoms with Crippen molar-refractivity contribution in [1.82, 2.24) is 5.32 Å². The van der Waals surface area contributed by atoms with Gasteiger partial charge in [-0.15, -0.1) is 12.3 Å². The van der Waals surface area contributed by atoms with Crippen LogP contribution in [0.2, 0.25) is 0 Å². The third-order valence-electron chi connectivity index (χ3n) is 18.3. The molecule has 1 amide bonds. The lowest BCUT2D eigenvalue weighted by Crippen LogP contribution is -2.82. The number of esters is 9. The normalized spacial score (nSPS) is 28.1. The van der Waals surface area contributed by atoms with Crippen molar-refractivity contribution >= 4 is 71.6 Å². The fourth-order valence-electron chi connectivity index (χ4n) is 13.8. The van der Waals surface area contributed by atoms with Crippen molar-refractivity contribution in [2.24, 2.45) is 16.7 Å². The average Bonchev–Trinajstić information content (AvgIpc) is 0.668. The van der Waals surface area contributed by atoms with Gasteiger partial charge < -0.3 is 81.5 Å². The predicted octanol–water partition coefficient (Wildman–Crippen LogP) is 5.14. The summed E-state index contributed by atoms with van der Waals surface area (Å²) in [5.41, 5.74) is -9.01. The quantitative estimate of drug-likeness (QED) is 0.0328. The molecule has 4 unspecified atom stereocenters. The molecule has 4 fully saturated rings. The zero-order valence-corrected chi connectivity index (χ0v) is 57.1. The summed E-state index contributed by atoms with van der Waals surface area (Å²) in [6, 6.07) is 21.2. The van der Waals surface area contributed by atoms with Gasteiger partial charge in [0.15, 0.2) is 42.1 Å². The number of benzene rings is 3. The number of ketones is 1. The molecule has 3 aliphatic carbocycles. The first-order valence-corrected chi connectivity index (χ1v) is 32.3. The van der Waals surface area contributed by atoms with E-state index in [4.69, 9.17) is 77.5 Å². The number of hydrogen-bond donors (Lipinski definition) is 2. The molecule has 0 radical (unpaired) electrons. The smallest absolute Gasteiger partial charge is 0.461 e. The van der Waals surface area contributed by atoms with E-state index in [1.54, 1.807) is 42.5 Å². The molecule has 2 heterocycles. The summed E-state index contributed by atoms with van der Waals surface area (Å²) in [6.45, 7) is 10.7. The molecule has 3 aromatic carbocycles. The van der Waals surface area contributed by atoms with Crippen LogP contribution in [0.15, 0.2) is 115 Å². The van der Waals surface area contributed by atoms with Gasteiger partial charge in [0.25, 0.3) is 5.91 Å². The number of nitrogens with one attached hydrogen (secondary N) is 1. The minimum absolute atomic E-state index is 0.0374. The Bertz CT molecular complexity index is 3680. The number of hydrogen-bond acceptors (Lipinski definition) is 28. The van der Waals surface area contributed by atoms with Gasteiger partial charge in [0.1, 0.15) is 68.6 Å². The maximum atomic E-state index is 16.4. The van der Waals surface area contributed by atoms with Crippen LogP contribution >= 0.6 is 0 Å². The monoisotopic (exact) mass is 1410 g/mol. The number of amides is 1. The minimum atomic E-state index is -2.69. The second kappa shape index (κ2) is 33.1. The summed E-state index contributed by atoms with van der Waals surface area (Å²) < 4.78 is 87.8. The van der Waals surface area contributed by atoms with E-state index in [0.29, 0.717) is 6.42 Å². The van der Waals surface area contributed by atoms with Gasteiger partial charge in [-0.1, -0.05) is 93.2 Å². The molecular formula is C72H81NO28. The van der Waals surface area contributed by atoms with E-state index < -0.39 is 206 Å². The molecule has 8 rings (SSSR count). The standard InChI is InChI=1S/C72H81NO28/c1-12-14-24-32-88-67-60(95-43(7)77)59(94-42(6)76)56(92-40(4)74)49(97-67)35-90-52(79)36-87-37-53(80)99-58(55(45-25-18-15-19-26-45)73-64(82)46-27-20-16-21-28-46)66(84)96-48-34-72(86)63(100-65(83)47-29-22-17-23-30-47)61-70(11,62(81)57(93-41(5)75)54(39(48)3)69(72,9)10)50(98-68(85)89-31-13-2)33-51-71(61,38-91-51)101-44(8)78/h1,13,15-23,25-30,48-51,55-61,63,67,86H,2,14,24,31-38H2,3-11H3,(H,73,82)/t48-,49?,50-,51+,55?,56+,57+,58+,59?,60?,61-,63-,67+,70+,71-,72+/m0/s1. The first kappa shape index (κ1) is 76.9. The Labute approximate surface area is 581 Å². The molecule has 2 aliphatic heterocycles. The Morgan fingerprint density at radius 2 is 1.33 bits per heavy atom. The van der Waals surface area contributed by atoms with Gasteiger partial charge in [0.05, 0.1) is 30.1 Å². The second-order valence-corrected chi connectivity index (χ2v) is 25.4. The van der Waals surface area contributed by atoms with Crippen molar-refractivity contribution in [3.63, 3.8) is 0 Å². The molecule has 2 saturated heterocycles. The number of terminal acetylenes is 1. The number of rotatable bonds is 27. The fraction of sp³-hybridized carbons (Fsp3) is 0.500. The molecule has 5 aliphatic rings. The summed E-state index contributed by atoms with van der Waals surface area (Å²) in [4.78, 5) is 167. The van der Waals surface area contributed by atoms with Gasteiger partial charge in [-0.25, -0.2) is 24.0 Å². The highest BCUT2D eigenvalue weighted by molar-refractivity contribution is 5.97. The molecule has 2 saturated carbocycles. The molecule has 3 aromatic rings. The highest BCUT2D eigenvalue weighted by Gasteiger charge is 2.79. The topological polar surface area (TPSA) is 376 Å². The van der Waals surface area contributed by atoms with Crippen molar-refractivity contribution in [3.8, 4) is 12.3 Å². The van der Waals surface area contributed by atoms with Crippen molar-refractivity contribution in [1.29, 1.82) is 0 Å². The third kappa shape index (κ3) is 17.1. The Kier molecular flexibility index (Phi) is 25.2. The highest BCUT2D eigenvalue weighted by atomic mass is 16.7. The highest BCUT2D eigenvalue weighted by Crippen LogP contribution is 2.65. The van der Waals surface area contributed by atoms with Crippen molar-refractivity contribution < 1.29 is 134 Å². The number of carbonyl (C=O) groups excluding carboxylic acids is 12. The van der Waals surface area contributed by atoms with Crippen molar-refractivity contribution in [3.05, 3.63) is 131 Å². The molecule has 2 bridgehead atoms. The number of fused-ring (bicyclic) bond motifs is 5. The zero-order chi connectivity index (χ0) is 73.7. The van der Waals surface area contributed by atoms with Gasteiger partial charge in [0.2, 0.25) is 6.10 Å². The number of Topliss-reactive ketones (excluding diaryl/α,β-unsaturated/α-hetero) is 1. The number of aliphatic hydroxyl groups is 1. The van der Waals surface area contributed by atoms with E-state index in [9.17, 15) is 53.1 Å². The largest absolute Gasteiger partial charge is 0.508 e. The van der Waals surface area contributed by atoms with E-state index in [2.05, 4.69) is 17.8 Å². The molecular weight excluding hydrogens is 1330 g/mol. The maximum Gasteiger partial charge on any atom is 0.508 e. The van der Waals surface area contributed by atoms with E-state index in [1.807, 2.05) is 0 Å². The summed E-state index contributed by atoms with van der Waals surface area (Å²) in [6.07, 6.45) is -14.0. The van der Waals surface area contributed by atoms with E-state index in [-0.39, 0.29) is 53.9 Å². The van der Waals surface area contributed by atoms with Crippen LogP contribution in [0.5, 0.6) is 0 Å². The average molecular weight is 1410 g/mol. The van der Waals surface area contributed by atoms with Gasteiger partial charge in [-0.2, -0.15) is 0 Å². The van der Waals surface area contributed by atoms with Crippen LogP contribution in [0.1, 0.15) is 120 Å². The second-order valence-electron chi connectivity index (χ2n) is 25.4. The minimum Gasteiger partial charge on any atom is -0.461 e. The number of ether oxygens (including phenoxy) is 15. The predicted molar refractivity (Wildman–Crippen MR) is 343 cm³/mol. The van der Waals surface area contributed by atoms with Crippen LogP contribution in [-0.2, 0) is 114 Å². The van der Waals surface area contributed by atoms with Crippen LogP contribution in [0.4, 0.5) is 4.79 Å². The summed E-state index contributed by atoms with van der Waals surface area (Å²) in [5, 5.41) is 17.1. The Hall–Kier alpha value is -9.86. The summed E-state index contributed by atoms with van der Waals surface area (Å²) >= 11 is 0. The van der Waals surface area contributed by atoms with Crippen molar-refractivity contribution in [2.45, 2.75) is 173 Å². The van der Waals surface area contributed by atoms with Crippen LogP contribution < -0.4 is 5.32 Å². The van der Waals surface area contributed by atoms with Gasteiger partial charge >= 0.3 is 59.9 Å². The summed E-state index contributed by atoms with van der Waals surface area (Å²) in [7, 11) is 0. The number of unbranched alkanes of at least 4 members (excludes halogenated alkanes) is 1. The lowest BCUT2D eigenvalue weighted by molar-refractivity contribution is -0.346. The lowest BCUT2D eigenvalue weighted by Gasteiger charge is -2.67. The van der Waals surface area contributed by atoms with Gasteiger partial charge in [-0.3, -0.25) is 33.6 Å². The van der Waals surface area contributed by atoms with Gasteiger partial charge in [-0.05, 0) is 61.2 Å². The Balaban J connectivity index is 1.17. The first-order valence-electron chi connectivity index (χ1n) is 32.3. The Morgan fingerprint density at radius 3 is 1.91 bits per heavy atom. The zero-order valence-electron chi connectivity index (χ0n) is 57.1.